The van der Waals surface area contributed by atoms with Crippen LogP contribution in [0.25, 0.3) is 0 Å². The summed E-state index contributed by atoms with van der Waals surface area (Å²) in [7, 11) is 0. The van der Waals surface area contributed by atoms with E-state index in [2.05, 4.69) is 10.2 Å². The van der Waals surface area contributed by atoms with E-state index in [1.165, 1.54) is 0 Å². The quantitative estimate of drug-likeness (QED) is 0.735. The lowest BCUT2D eigenvalue weighted by molar-refractivity contribution is -0.120. The summed E-state index contributed by atoms with van der Waals surface area (Å²) in [6.07, 6.45) is 1.87. The van der Waals surface area contributed by atoms with Crippen LogP contribution in [0.1, 0.15) is 25.3 Å². The zero-order valence-corrected chi connectivity index (χ0v) is 12.6. The number of anilines is 1. The van der Waals surface area contributed by atoms with Crippen molar-refractivity contribution in [2.75, 3.05) is 25.0 Å². The molecule has 5 nitrogen and oxygen atoms in total. The summed E-state index contributed by atoms with van der Waals surface area (Å²) >= 11 is 0. The number of benzene rings is 1. The highest BCUT2D eigenvalue weighted by atomic mass is 16.3. The van der Waals surface area contributed by atoms with Crippen molar-refractivity contribution in [3.05, 3.63) is 29.8 Å². The van der Waals surface area contributed by atoms with E-state index >= 15 is 0 Å². The number of para-hydroxylation sites is 1. The summed E-state index contributed by atoms with van der Waals surface area (Å²) < 4.78 is 0. The molecule has 2 rings (SSSR count). The van der Waals surface area contributed by atoms with E-state index in [1.54, 1.807) is 0 Å². The number of hydrogen-bond acceptors (Lipinski definition) is 4. The SMILES string of the molecule is CC(C(=O)Nc1ccccc1CN)N1CCC(CCO)C1. The van der Waals surface area contributed by atoms with Gasteiger partial charge in [-0.1, -0.05) is 18.2 Å². The number of aliphatic hydroxyl groups excluding tert-OH is 1. The Morgan fingerprint density at radius 1 is 1.52 bits per heavy atom. The second kappa shape index (κ2) is 7.54. The van der Waals surface area contributed by atoms with E-state index in [1.807, 2.05) is 31.2 Å². The molecule has 0 radical (unpaired) electrons. The van der Waals surface area contributed by atoms with Crippen molar-refractivity contribution in [1.82, 2.24) is 4.90 Å². The first kappa shape index (κ1) is 15.9. The Hall–Kier alpha value is -1.43. The van der Waals surface area contributed by atoms with Gasteiger partial charge in [0.1, 0.15) is 0 Å². The smallest absolute Gasteiger partial charge is 0.241 e. The number of likely N-dealkylation sites (tertiary alicyclic amines) is 1. The molecular weight excluding hydrogens is 266 g/mol. The third-order valence-corrected chi connectivity index (χ3v) is 4.28. The lowest BCUT2D eigenvalue weighted by Gasteiger charge is -2.24. The molecule has 1 heterocycles. The molecule has 2 unspecified atom stereocenters. The lowest BCUT2D eigenvalue weighted by atomic mass is 10.1. The van der Waals surface area contributed by atoms with Crippen LogP contribution in [0, 0.1) is 5.92 Å². The lowest BCUT2D eigenvalue weighted by Crippen LogP contribution is -2.40. The highest BCUT2D eigenvalue weighted by Gasteiger charge is 2.29. The Morgan fingerprint density at radius 2 is 2.29 bits per heavy atom. The van der Waals surface area contributed by atoms with Gasteiger partial charge >= 0.3 is 0 Å². The van der Waals surface area contributed by atoms with Crippen LogP contribution >= 0.6 is 0 Å². The number of carbonyl (C=O) groups is 1. The van der Waals surface area contributed by atoms with Crippen LogP contribution < -0.4 is 11.1 Å². The predicted molar refractivity (Wildman–Crippen MR) is 83.8 cm³/mol. The number of nitrogens with one attached hydrogen (secondary N) is 1. The Bertz CT molecular complexity index is 478. The van der Waals surface area contributed by atoms with E-state index in [9.17, 15) is 4.79 Å². The van der Waals surface area contributed by atoms with Gasteiger partial charge in [0.05, 0.1) is 6.04 Å². The highest BCUT2D eigenvalue weighted by Crippen LogP contribution is 2.22. The average Bonchev–Trinajstić information content (AvgIpc) is 2.96. The Labute approximate surface area is 126 Å². The number of hydrogen-bond donors (Lipinski definition) is 3. The molecule has 5 heteroatoms. The van der Waals surface area contributed by atoms with Crippen molar-refractivity contribution < 1.29 is 9.90 Å². The van der Waals surface area contributed by atoms with Crippen molar-refractivity contribution in [2.45, 2.75) is 32.4 Å². The molecule has 1 aliphatic rings. The number of aliphatic hydroxyl groups is 1. The minimum Gasteiger partial charge on any atom is -0.396 e. The van der Waals surface area contributed by atoms with Gasteiger partial charge in [0, 0.05) is 25.4 Å². The fourth-order valence-corrected chi connectivity index (χ4v) is 2.86. The zero-order valence-electron chi connectivity index (χ0n) is 12.6. The molecule has 0 aromatic heterocycles. The molecule has 0 spiro atoms. The minimum atomic E-state index is -0.167. The van der Waals surface area contributed by atoms with E-state index in [-0.39, 0.29) is 18.6 Å². The third-order valence-electron chi connectivity index (χ3n) is 4.28. The van der Waals surface area contributed by atoms with Crippen LogP contribution in [0.3, 0.4) is 0 Å². The first-order valence-electron chi connectivity index (χ1n) is 7.59. The van der Waals surface area contributed by atoms with E-state index < -0.39 is 0 Å². The molecule has 21 heavy (non-hydrogen) atoms. The maximum absolute atomic E-state index is 12.4. The normalized spacial score (nSPS) is 20.4. The molecule has 1 fully saturated rings. The van der Waals surface area contributed by atoms with Crippen molar-refractivity contribution in [3.63, 3.8) is 0 Å². The van der Waals surface area contributed by atoms with Crippen LogP contribution in [-0.4, -0.2) is 41.7 Å². The van der Waals surface area contributed by atoms with Gasteiger partial charge in [0.25, 0.3) is 0 Å². The topological polar surface area (TPSA) is 78.6 Å². The number of rotatable bonds is 6. The molecule has 1 aliphatic heterocycles. The predicted octanol–water partition coefficient (Wildman–Crippen LogP) is 1.18. The number of amides is 1. The fraction of sp³-hybridized carbons (Fsp3) is 0.562. The van der Waals surface area contributed by atoms with Crippen molar-refractivity contribution in [3.8, 4) is 0 Å². The molecule has 1 aromatic rings. The number of carbonyl (C=O) groups excluding carboxylic acids is 1. The van der Waals surface area contributed by atoms with Crippen molar-refractivity contribution in [1.29, 1.82) is 0 Å². The van der Waals surface area contributed by atoms with E-state index in [0.717, 1.165) is 37.2 Å². The summed E-state index contributed by atoms with van der Waals surface area (Å²) in [6, 6.07) is 7.45. The van der Waals surface area contributed by atoms with Gasteiger partial charge in [0.2, 0.25) is 5.91 Å². The van der Waals surface area contributed by atoms with Crippen LogP contribution in [0.5, 0.6) is 0 Å². The molecule has 0 saturated carbocycles. The highest BCUT2D eigenvalue weighted by molar-refractivity contribution is 5.95. The maximum atomic E-state index is 12.4. The van der Waals surface area contributed by atoms with Crippen LogP contribution in [0.2, 0.25) is 0 Å². The molecule has 0 bridgehead atoms. The fourth-order valence-electron chi connectivity index (χ4n) is 2.86. The Balaban J connectivity index is 1.94. The van der Waals surface area contributed by atoms with Gasteiger partial charge < -0.3 is 16.2 Å². The first-order chi connectivity index (χ1) is 10.2. The van der Waals surface area contributed by atoms with Crippen LogP contribution in [0.15, 0.2) is 24.3 Å². The second-order valence-electron chi connectivity index (χ2n) is 5.69. The summed E-state index contributed by atoms with van der Waals surface area (Å²) in [4.78, 5) is 14.6. The maximum Gasteiger partial charge on any atom is 0.241 e. The van der Waals surface area contributed by atoms with Gasteiger partial charge in [-0.2, -0.15) is 0 Å². The Kier molecular flexibility index (Phi) is 5.73. The number of nitrogens with zero attached hydrogens (tertiary/aromatic N) is 1. The van der Waals surface area contributed by atoms with E-state index in [4.69, 9.17) is 10.8 Å². The zero-order chi connectivity index (χ0) is 15.2. The third kappa shape index (κ3) is 4.03. The van der Waals surface area contributed by atoms with Crippen molar-refractivity contribution in [2.24, 2.45) is 11.7 Å². The average molecular weight is 291 g/mol. The molecule has 116 valence electrons. The van der Waals surface area contributed by atoms with Crippen molar-refractivity contribution >= 4 is 11.6 Å². The number of nitrogens with two attached hydrogens (primary N) is 1. The monoisotopic (exact) mass is 291 g/mol. The Morgan fingerprint density at radius 3 is 3.00 bits per heavy atom. The second-order valence-corrected chi connectivity index (χ2v) is 5.69. The largest absolute Gasteiger partial charge is 0.396 e. The van der Waals surface area contributed by atoms with Crippen LogP contribution in [-0.2, 0) is 11.3 Å². The standard InChI is InChI=1S/C16H25N3O2/c1-12(19-8-6-13(11-19)7-9-20)16(21)18-15-5-3-2-4-14(15)10-17/h2-5,12-13,20H,6-11,17H2,1H3,(H,18,21). The van der Waals surface area contributed by atoms with Gasteiger partial charge in [0.15, 0.2) is 0 Å². The van der Waals surface area contributed by atoms with Crippen LogP contribution in [0.4, 0.5) is 5.69 Å². The summed E-state index contributed by atoms with van der Waals surface area (Å²) in [5.41, 5.74) is 7.43. The molecule has 1 saturated heterocycles. The van der Waals surface area contributed by atoms with E-state index in [0.29, 0.717) is 12.5 Å². The molecule has 1 amide bonds. The molecular formula is C16H25N3O2. The summed E-state index contributed by atoms with van der Waals surface area (Å²) in [6.45, 7) is 4.36. The molecule has 2 atom stereocenters. The first-order valence-corrected chi connectivity index (χ1v) is 7.59. The van der Waals surface area contributed by atoms with Gasteiger partial charge in [-0.25, -0.2) is 0 Å². The van der Waals surface area contributed by atoms with Gasteiger partial charge in [-0.3, -0.25) is 9.69 Å². The summed E-state index contributed by atoms with van der Waals surface area (Å²) in [5.74, 6) is 0.502. The van der Waals surface area contributed by atoms with Gasteiger partial charge in [-0.15, -0.1) is 0 Å². The summed E-state index contributed by atoms with van der Waals surface area (Å²) in [5, 5.41) is 12.0. The molecule has 4 N–H and O–H groups in total. The van der Waals surface area contributed by atoms with Gasteiger partial charge in [-0.05, 0) is 43.9 Å². The molecule has 1 aromatic carbocycles. The minimum absolute atomic E-state index is 0.000508. The molecule has 0 aliphatic carbocycles.